The highest BCUT2D eigenvalue weighted by Gasteiger charge is 2.18. The van der Waals surface area contributed by atoms with Gasteiger partial charge in [0.1, 0.15) is 16.9 Å². The van der Waals surface area contributed by atoms with Crippen LogP contribution in [0.5, 0.6) is 5.75 Å². The third-order valence-electron chi connectivity index (χ3n) is 7.10. The van der Waals surface area contributed by atoms with E-state index in [0.29, 0.717) is 5.75 Å². The standard InChI is InChI=1S/C34H23BNO3/c37-35-39-34-22-28(20-25-10-4-5-11-29(25)34)36(26-16-14-24(15-17-26)23-8-2-1-3-9-23)27-18-19-31-30-12-6-7-13-32(30)38-33(31)21-27/h1-22,37H. The van der Waals surface area contributed by atoms with Crippen molar-refractivity contribution in [2.24, 2.45) is 0 Å². The molecule has 6 aromatic carbocycles. The lowest BCUT2D eigenvalue weighted by Gasteiger charge is -2.27. The van der Waals surface area contributed by atoms with Crippen LogP contribution in [0, 0.1) is 0 Å². The van der Waals surface area contributed by atoms with Crippen molar-refractivity contribution in [3.05, 3.63) is 133 Å². The Balaban J connectivity index is 1.42. The summed E-state index contributed by atoms with van der Waals surface area (Å²) < 4.78 is 11.8. The first kappa shape index (κ1) is 23.1. The Kier molecular flexibility index (Phi) is 5.76. The van der Waals surface area contributed by atoms with E-state index in [1.165, 1.54) is 5.56 Å². The molecule has 0 aliphatic rings. The molecule has 7 aromatic rings. The van der Waals surface area contributed by atoms with Crippen LogP contribution in [0.25, 0.3) is 43.8 Å². The zero-order valence-electron chi connectivity index (χ0n) is 21.0. The van der Waals surface area contributed by atoms with Gasteiger partial charge < -0.3 is 19.0 Å². The molecular formula is C34H23BNO3. The van der Waals surface area contributed by atoms with Gasteiger partial charge in [-0.15, -0.1) is 0 Å². The van der Waals surface area contributed by atoms with Crippen molar-refractivity contribution in [1.29, 1.82) is 0 Å². The van der Waals surface area contributed by atoms with Crippen molar-refractivity contribution in [2.45, 2.75) is 0 Å². The first-order valence-corrected chi connectivity index (χ1v) is 12.8. The van der Waals surface area contributed by atoms with Crippen LogP contribution in [0.1, 0.15) is 0 Å². The molecule has 0 saturated carbocycles. The molecule has 0 spiro atoms. The van der Waals surface area contributed by atoms with Crippen LogP contribution >= 0.6 is 0 Å². The monoisotopic (exact) mass is 504 g/mol. The van der Waals surface area contributed by atoms with Gasteiger partial charge in [-0.3, -0.25) is 0 Å². The summed E-state index contributed by atoms with van der Waals surface area (Å²) in [5.41, 5.74) is 6.82. The Hall–Kier alpha value is -5.00. The van der Waals surface area contributed by atoms with Gasteiger partial charge in [-0.2, -0.15) is 0 Å². The van der Waals surface area contributed by atoms with Crippen LogP contribution in [0.3, 0.4) is 0 Å². The van der Waals surface area contributed by atoms with Crippen molar-refractivity contribution in [2.75, 3.05) is 4.90 Å². The van der Waals surface area contributed by atoms with Crippen LogP contribution in [0.15, 0.2) is 138 Å². The lowest BCUT2D eigenvalue weighted by Crippen LogP contribution is -2.11. The molecule has 0 saturated heterocycles. The number of nitrogens with zero attached hydrogens (tertiary/aromatic N) is 1. The smallest absolute Gasteiger partial charge is 0.537 e. The average molecular weight is 504 g/mol. The highest BCUT2D eigenvalue weighted by Crippen LogP contribution is 2.42. The van der Waals surface area contributed by atoms with Gasteiger partial charge in [-0.1, -0.05) is 84.9 Å². The second kappa shape index (κ2) is 9.71. The molecule has 0 bridgehead atoms. The van der Waals surface area contributed by atoms with Gasteiger partial charge in [-0.05, 0) is 52.9 Å². The molecule has 0 unspecified atom stereocenters. The van der Waals surface area contributed by atoms with Crippen LogP contribution in [0.4, 0.5) is 17.1 Å². The summed E-state index contributed by atoms with van der Waals surface area (Å²) in [5.74, 6) is 0.571. The minimum absolute atomic E-state index is 0.571. The quantitative estimate of drug-likeness (QED) is 0.230. The van der Waals surface area contributed by atoms with E-state index in [0.717, 1.165) is 63.0 Å². The zero-order valence-corrected chi connectivity index (χ0v) is 21.0. The van der Waals surface area contributed by atoms with E-state index in [1.54, 1.807) is 0 Å². The molecule has 0 fully saturated rings. The molecule has 185 valence electrons. The maximum absolute atomic E-state index is 9.50. The minimum Gasteiger partial charge on any atom is -0.537 e. The van der Waals surface area contributed by atoms with E-state index in [1.807, 2.05) is 66.7 Å². The third-order valence-corrected chi connectivity index (χ3v) is 7.10. The zero-order chi connectivity index (χ0) is 26.2. The second-order valence-electron chi connectivity index (χ2n) is 9.42. The molecular weight excluding hydrogens is 481 g/mol. The second-order valence-corrected chi connectivity index (χ2v) is 9.42. The summed E-state index contributed by atoms with van der Waals surface area (Å²) in [5, 5.41) is 13.6. The van der Waals surface area contributed by atoms with Crippen molar-refractivity contribution < 1.29 is 14.1 Å². The molecule has 5 heteroatoms. The summed E-state index contributed by atoms with van der Waals surface area (Å²) in [6.45, 7) is 0. The van der Waals surface area contributed by atoms with Crippen LogP contribution in [0.2, 0.25) is 0 Å². The van der Waals surface area contributed by atoms with Gasteiger partial charge in [0.15, 0.2) is 0 Å². The Labute approximate surface area is 226 Å². The van der Waals surface area contributed by atoms with Gasteiger partial charge in [0, 0.05) is 39.7 Å². The third kappa shape index (κ3) is 4.19. The number of fused-ring (bicyclic) bond motifs is 4. The fourth-order valence-corrected chi connectivity index (χ4v) is 5.28. The summed E-state index contributed by atoms with van der Waals surface area (Å²) >= 11 is 0. The Bertz CT molecular complexity index is 1930. The molecule has 1 N–H and O–H groups in total. The predicted octanol–water partition coefficient (Wildman–Crippen LogP) is 8.78. The first-order valence-electron chi connectivity index (χ1n) is 12.8. The SMILES string of the molecule is O[B]Oc1cc(N(c2ccc(-c3ccccc3)cc2)c2ccc3c(c2)oc2ccccc23)cc2ccccc12. The Morgan fingerprint density at radius 2 is 1.21 bits per heavy atom. The molecule has 0 aliphatic heterocycles. The minimum atomic E-state index is 0.571. The van der Waals surface area contributed by atoms with Gasteiger partial charge >= 0.3 is 7.69 Å². The average Bonchev–Trinajstić information content (AvgIpc) is 3.36. The highest BCUT2D eigenvalue weighted by molar-refractivity contribution is 6.18. The summed E-state index contributed by atoms with van der Waals surface area (Å²) in [6, 6.07) is 45.3. The predicted molar refractivity (Wildman–Crippen MR) is 160 cm³/mol. The molecule has 0 aliphatic carbocycles. The van der Waals surface area contributed by atoms with Gasteiger partial charge in [0.2, 0.25) is 0 Å². The number of para-hydroxylation sites is 1. The van der Waals surface area contributed by atoms with Gasteiger partial charge in [0.25, 0.3) is 0 Å². The molecule has 1 radical (unpaired) electrons. The molecule has 0 atom stereocenters. The molecule has 1 aromatic heterocycles. The molecule has 4 nitrogen and oxygen atoms in total. The van der Waals surface area contributed by atoms with Crippen LogP contribution in [-0.2, 0) is 0 Å². The fourth-order valence-electron chi connectivity index (χ4n) is 5.28. The normalized spacial score (nSPS) is 11.2. The van der Waals surface area contributed by atoms with E-state index < -0.39 is 0 Å². The van der Waals surface area contributed by atoms with Gasteiger partial charge in [-0.25, -0.2) is 0 Å². The van der Waals surface area contributed by atoms with Crippen molar-refractivity contribution in [3.63, 3.8) is 0 Å². The van der Waals surface area contributed by atoms with Crippen molar-refractivity contribution >= 4 is 57.5 Å². The molecule has 1 heterocycles. The first-order chi connectivity index (χ1) is 19.3. The summed E-state index contributed by atoms with van der Waals surface area (Å²) in [6.07, 6.45) is 0. The van der Waals surface area contributed by atoms with E-state index >= 15 is 0 Å². The lowest BCUT2D eigenvalue weighted by atomic mass is 10.0. The topological polar surface area (TPSA) is 45.8 Å². The number of benzene rings is 6. The van der Waals surface area contributed by atoms with E-state index in [9.17, 15) is 5.02 Å². The number of furan rings is 1. The van der Waals surface area contributed by atoms with Crippen LogP contribution < -0.4 is 9.55 Å². The maximum atomic E-state index is 9.50. The fraction of sp³-hybridized carbons (Fsp3) is 0. The number of hydrogen-bond donors (Lipinski definition) is 1. The number of anilines is 3. The summed E-state index contributed by atoms with van der Waals surface area (Å²) in [4.78, 5) is 2.18. The highest BCUT2D eigenvalue weighted by atomic mass is 16.5. The van der Waals surface area contributed by atoms with Crippen LogP contribution in [-0.4, -0.2) is 12.7 Å². The lowest BCUT2D eigenvalue weighted by molar-refractivity contribution is 0.457. The molecule has 7 rings (SSSR count). The van der Waals surface area contributed by atoms with E-state index in [4.69, 9.17) is 9.07 Å². The Morgan fingerprint density at radius 3 is 2.03 bits per heavy atom. The van der Waals surface area contributed by atoms with E-state index in [2.05, 4.69) is 71.6 Å². The number of rotatable bonds is 6. The Morgan fingerprint density at radius 1 is 0.538 bits per heavy atom. The molecule has 0 amide bonds. The summed E-state index contributed by atoms with van der Waals surface area (Å²) in [7, 11) is 0.727. The largest absolute Gasteiger partial charge is 0.569 e. The number of hydrogen-bond acceptors (Lipinski definition) is 4. The maximum Gasteiger partial charge on any atom is 0.569 e. The van der Waals surface area contributed by atoms with Crippen molar-refractivity contribution in [1.82, 2.24) is 0 Å². The molecule has 39 heavy (non-hydrogen) atoms. The van der Waals surface area contributed by atoms with E-state index in [-0.39, 0.29) is 0 Å². The van der Waals surface area contributed by atoms with Crippen molar-refractivity contribution in [3.8, 4) is 16.9 Å². The van der Waals surface area contributed by atoms with Gasteiger partial charge in [0.05, 0.1) is 5.69 Å².